The molecule has 0 aliphatic rings. The van der Waals surface area contributed by atoms with Crippen LogP contribution < -0.4 is 10.1 Å². The van der Waals surface area contributed by atoms with Gasteiger partial charge in [0.1, 0.15) is 5.75 Å². The fourth-order valence-electron chi connectivity index (χ4n) is 3.35. The van der Waals surface area contributed by atoms with Crippen molar-refractivity contribution >= 4 is 10.8 Å². The lowest BCUT2D eigenvalue weighted by Gasteiger charge is -2.27. The average molecular weight is 333 g/mol. The van der Waals surface area contributed by atoms with E-state index in [2.05, 4.69) is 80.7 Å². The van der Waals surface area contributed by atoms with Crippen molar-refractivity contribution in [2.24, 2.45) is 5.92 Å². The van der Waals surface area contributed by atoms with Crippen LogP contribution >= 0.6 is 0 Å². The Morgan fingerprint density at radius 3 is 2.24 bits per heavy atom. The average Bonchev–Trinajstić information content (AvgIpc) is 2.65. The number of rotatable bonds is 6. The molecule has 0 saturated heterocycles. The summed E-state index contributed by atoms with van der Waals surface area (Å²) in [7, 11) is 1.71. The van der Waals surface area contributed by atoms with Gasteiger partial charge in [-0.25, -0.2) is 0 Å². The Morgan fingerprint density at radius 2 is 1.52 bits per heavy atom. The number of hydrogen-bond donors (Lipinski definition) is 1. The second kappa shape index (κ2) is 7.71. The van der Waals surface area contributed by atoms with E-state index in [4.69, 9.17) is 4.74 Å². The molecule has 3 aromatic carbocycles. The molecule has 1 N–H and O–H groups in total. The highest BCUT2D eigenvalue weighted by molar-refractivity contribution is 5.83. The van der Waals surface area contributed by atoms with Gasteiger partial charge in [0.05, 0.1) is 7.11 Å². The molecule has 0 radical (unpaired) electrons. The Kier molecular flexibility index (Phi) is 5.40. The highest BCUT2D eigenvalue weighted by Crippen LogP contribution is 2.29. The summed E-state index contributed by atoms with van der Waals surface area (Å²) in [5.74, 6) is 1.40. The van der Waals surface area contributed by atoms with Crippen molar-refractivity contribution in [3.63, 3.8) is 0 Å². The molecule has 0 spiro atoms. The molecule has 0 fully saturated rings. The Morgan fingerprint density at radius 1 is 0.760 bits per heavy atom. The van der Waals surface area contributed by atoms with Crippen LogP contribution in [0.25, 0.3) is 10.8 Å². The van der Waals surface area contributed by atoms with Gasteiger partial charge in [0, 0.05) is 12.1 Å². The van der Waals surface area contributed by atoms with Gasteiger partial charge in [-0.15, -0.1) is 0 Å². The molecule has 3 aromatic rings. The van der Waals surface area contributed by atoms with E-state index in [1.165, 1.54) is 21.9 Å². The van der Waals surface area contributed by atoms with E-state index in [-0.39, 0.29) is 6.04 Å². The van der Waals surface area contributed by atoms with Gasteiger partial charge in [0.25, 0.3) is 0 Å². The molecule has 2 nitrogen and oxygen atoms in total. The molecular weight excluding hydrogens is 306 g/mol. The smallest absolute Gasteiger partial charge is 0.119 e. The van der Waals surface area contributed by atoms with Crippen LogP contribution in [-0.4, -0.2) is 7.11 Å². The maximum atomic E-state index is 5.36. The molecule has 0 heterocycles. The summed E-state index contributed by atoms with van der Waals surface area (Å²) in [4.78, 5) is 0. The quantitative estimate of drug-likeness (QED) is 0.606. The molecule has 0 unspecified atom stereocenters. The number of hydrogen-bond acceptors (Lipinski definition) is 2. The molecule has 0 aromatic heterocycles. The molecule has 130 valence electrons. The predicted octanol–water partition coefficient (Wildman–Crippen LogP) is 5.90. The van der Waals surface area contributed by atoms with E-state index >= 15 is 0 Å². The van der Waals surface area contributed by atoms with Crippen LogP contribution in [0.1, 0.15) is 44.0 Å². The first-order chi connectivity index (χ1) is 12.1. The summed E-state index contributed by atoms with van der Waals surface area (Å²) in [6.45, 7) is 6.75. The zero-order chi connectivity index (χ0) is 17.8. The summed E-state index contributed by atoms with van der Waals surface area (Å²) in [6, 6.07) is 24.1. The van der Waals surface area contributed by atoms with Crippen LogP contribution in [0.15, 0.2) is 66.7 Å². The first-order valence-corrected chi connectivity index (χ1v) is 8.97. The number of nitrogens with one attached hydrogen (secondary N) is 1. The van der Waals surface area contributed by atoms with E-state index < -0.39 is 0 Å². The van der Waals surface area contributed by atoms with Crippen LogP contribution in [0, 0.1) is 5.92 Å². The van der Waals surface area contributed by atoms with Crippen LogP contribution in [0.3, 0.4) is 0 Å². The lowest BCUT2D eigenvalue weighted by atomic mass is 9.92. The molecule has 0 aliphatic carbocycles. The standard InChI is InChI=1S/C23H27NO/c1-16(2)23(21-13-12-18-8-5-6-9-20(18)14-21)24-17(3)19-10-7-11-22(15-19)25-4/h5-17,23-24H,1-4H3/t17-,23+/m0/s1. The normalized spacial score (nSPS) is 13.8. The number of benzene rings is 3. The Hall–Kier alpha value is -2.32. The maximum Gasteiger partial charge on any atom is 0.119 e. The fourth-order valence-corrected chi connectivity index (χ4v) is 3.35. The molecule has 0 amide bonds. The minimum atomic E-state index is 0.244. The summed E-state index contributed by atoms with van der Waals surface area (Å²) >= 11 is 0. The molecule has 25 heavy (non-hydrogen) atoms. The second-order valence-corrected chi connectivity index (χ2v) is 6.99. The molecule has 3 rings (SSSR count). The summed E-state index contributed by atoms with van der Waals surface area (Å²) in [5.41, 5.74) is 2.58. The van der Waals surface area contributed by atoms with E-state index in [1.54, 1.807) is 7.11 Å². The number of fused-ring (bicyclic) bond motifs is 1. The largest absolute Gasteiger partial charge is 0.497 e. The molecule has 0 bridgehead atoms. The molecule has 2 atom stereocenters. The lowest BCUT2D eigenvalue weighted by Crippen LogP contribution is -2.28. The first-order valence-electron chi connectivity index (χ1n) is 8.97. The third-order valence-electron chi connectivity index (χ3n) is 4.82. The van der Waals surface area contributed by atoms with Gasteiger partial charge in [-0.3, -0.25) is 0 Å². The molecule has 0 saturated carbocycles. The predicted molar refractivity (Wildman–Crippen MR) is 106 cm³/mol. The SMILES string of the molecule is COc1cccc([C@H](C)N[C@@H](c2ccc3ccccc3c2)C(C)C)c1. The third kappa shape index (κ3) is 4.02. The highest BCUT2D eigenvalue weighted by atomic mass is 16.5. The van der Waals surface area contributed by atoms with Gasteiger partial charge < -0.3 is 10.1 Å². The zero-order valence-corrected chi connectivity index (χ0v) is 15.5. The zero-order valence-electron chi connectivity index (χ0n) is 15.5. The summed E-state index contributed by atoms with van der Waals surface area (Å²) < 4.78 is 5.36. The Labute approximate surface area is 150 Å². The first kappa shape index (κ1) is 17.5. The number of ether oxygens (including phenoxy) is 1. The van der Waals surface area contributed by atoms with Crippen molar-refractivity contribution in [1.29, 1.82) is 0 Å². The van der Waals surface area contributed by atoms with Crippen molar-refractivity contribution in [2.75, 3.05) is 7.11 Å². The van der Waals surface area contributed by atoms with E-state index in [1.807, 2.05) is 12.1 Å². The van der Waals surface area contributed by atoms with Crippen LogP contribution in [-0.2, 0) is 0 Å². The Bertz CT molecular complexity index is 840. The van der Waals surface area contributed by atoms with Crippen molar-refractivity contribution in [1.82, 2.24) is 5.32 Å². The van der Waals surface area contributed by atoms with Crippen LogP contribution in [0.5, 0.6) is 5.75 Å². The number of methoxy groups -OCH3 is 1. The molecular formula is C23H27NO. The molecule has 0 aliphatic heterocycles. The minimum absolute atomic E-state index is 0.244. The van der Waals surface area contributed by atoms with Crippen molar-refractivity contribution in [2.45, 2.75) is 32.9 Å². The van der Waals surface area contributed by atoms with E-state index in [0.29, 0.717) is 12.0 Å². The van der Waals surface area contributed by atoms with E-state index in [9.17, 15) is 0 Å². The van der Waals surface area contributed by atoms with Crippen LogP contribution in [0.2, 0.25) is 0 Å². The van der Waals surface area contributed by atoms with Crippen molar-refractivity contribution < 1.29 is 4.74 Å². The van der Waals surface area contributed by atoms with Crippen LogP contribution in [0.4, 0.5) is 0 Å². The van der Waals surface area contributed by atoms with Gasteiger partial charge in [0.15, 0.2) is 0 Å². The minimum Gasteiger partial charge on any atom is -0.497 e. The topological polar surface area (TPSA) is 21.3 Å². The third-order valence-corrected chi connectivity index (χ3v) is 4.82. The molecule has 2 heteroatoms. The van der Waals surface area contributed by atoms with Gasteiger partial charge in [-0.05, 0) is 52.9 Å². The van der Waals surface area contributed by atoms with Gasteiger partial charge >= 0.3 is 0 Å². The monoisotopic (exact) mass is 333 g/mol. The fraction of sp³-hybridized carbons (Fsp3) is 0.304. The van der Waals surface area contributed by atoms with Gasteiger partial charge in [0.2, 0.25) is 0 Å². The van der Waals surface area contributed by atoms with Crippen molar-refractivity contribution in [3.8, 4) is 5.75 Å². The van der Waals surface area contributed by atoms with Gasteiger partial charge in [-0.1, -0.05) is 62.4 Å². The van der Waals surface area contributed by atoms with Gasteiger partial charge in [-0.2, -0.15) is 0 Å². The van der Waals surface area contributed by atoms with E-state index in [0.717, 1.165) is 5.75 Å². The maximum absolute atomic E-state index is 5.36. The second-order valence-electron chi connectivity index (χ2n) is 6.99. The highest BCUT2D eigenvalue weighted by Gasteiger charge is 2.19. The Balaban J connectivity index is 1.87. The summed E-state index contributed by atoms with van der Waals surface area (Å²) in [5, 5.41) is 6.39. The van der Waals surface area contributed by atoms with Crippen molar-refractivity contribution in [3.05, 3.63) is 77.9 Å². The summed E-state index contributed by atoms with van der Waals surface area (Å²) in [6.07, 6.45) is 0. The lowest BCUT2D eigenvalue weighted by molar-refractivity contribution is 0.372.